The van der Waals surface area contributed by atoms with E-state index in [1.54, 1.807) is 48.7 Å². The number of hydrogen-bond donors (Lipinski definition) is 1. The molecular weight excluding hydrogens is 455 g/mol. The first-order valence-electron chi connectivity index (χ1n) is 10.2. The maximum Gasteiger partial charge on any atom is 0.243 e. The summed E-state index contributed by atoms with van der Waals surface area (Å²) in [6.45, 7) is 0.683. The van der Waals surface area contributed by atoms with Crippen LogP contribution in [0.2, 0.25) is 5.02 Å². The van der Waals surface area contributed by atoms with Gasteiger partial charge in [0, 0.05) is 41.9 Å². The predicted octanol–water partition coefficient (Wildman–Crippen LogP) is 3.76. The minimum atomic E-state index is -3.56. The highest BCUT2D eigenvalue weighted by atomic mass is 35.5. The van der Waals surface area contributed by atoms with Crippen LogP contribution in [0, 0.1) is 11.7 Å². The normalized spacial score (nSPS) is 15.6. The second-order valence-corrected chi connectivity index (χ2v) is 9.92. The topological polar surface area (TPSA) is 84.3 Å². The average Bonchev–Trinajstić information content (AvgIpc) is 3.24. The van der Waals surface area contributed by atoms with Gasteiger partial charge in [0.1, 0.15) is 5.82 Å². The molecule has 1 fully saturated rings. The standard InChI is InChI=1S/C22H22ClFN4O3S/c23-19-7-4-8-20(24)18(19)15-27-12-11-21(26-27)25-22(29)16-9-13-28(14-10-16)32(30,31)17-5-2-1-3-6-17/h1-8,11-12,16H,9-10,13-15H2,(H,25,26,29). The van der Waals surface area contributed by atoms with Crippen molar-refractivity contribution < 1.29 is 17.6 Å². The number of rotatable bonds is 6. The van der Waals surface area contributed by atoms with Crippen LogP contribution in [0.3, 0.4) is 0 Å². The lowest BCUT2D eigenvalue weighted by molar-refractivity contribution is -0.120. The SMILES string of the molecule is O=C(Nc1ccn(Cc2c(F)cccc2Cl)n1)C1CCN(S(=O)(=O)c2ccccc2)CC1. The van der Waals surface area contributed by atoms with E-state index in [-0.39, 0.29) is 36.4 Å². The zero-order valence-electron chi connectivity index (χ0n) is 17.1. The van der Waals surface area contributed by atoms with Crippen molar-refractivity contribution in [2.75, 3.05) is 18.4 Å². The Hall–Kier alpha value is -2.75. The van der Waals surface area contributed by atoms with Crippen LogP contribution in [0.5, 0.6) is 0 Å². The molecule has 0 saturated carbocycles. The molecular formula is C22H22ClFN4O3S. The molecule has 1 saturated heterocycles. The van der Waals surface area contributed by atoms with Crippen molar-refractivity contribution in [3.05, 3.63) is 77.2 Å². The molecule has 1 aliphatic rings. The molecule has 0 unspecified atom stereocenters. The van der Waals surface area contributed by atoms with Crippen LogP contribution in [0.15, 0.2) is 65.7 Å². The van der Waals surface area contributed by atoms with Gasteiger partial charge in [-0.15, -0.1) is 0 Å². The third-order valence-electron chi connectivity index (χ3n) is 5.48. The fraction of sp³-hybridized carbons (Fsp3) is 0.273. The van der Waals surface area contributed by atoms with Crippen molar-refractivity contribution >= 4 is 33.3 Å². The Morgan fingerprint density at radius 3 is 2.50 bits per heavy atom. The molecule has 2 aromatic carbocycles. The summed E-state index contributed by atoms with van der Waals surface area (Å²) >= 11 is 6.06. The molecule has 0 atom stereocenters. The summed E-state index contributed by atoms with van der Waals surface area (Å²) in [6, 6.07) is 14.4. The summed E-state index contributed by atoms with van der Waals surface area (Å²) in [5.41, 5.74) is 0.321. The van der Waals surface area contributed by atoms with E-state index < -0.39 is 15.8 Å². The molecule has 10 heteroatoms. The Kier molecular flexibility index (Phi) is 6.59. The summed E-state index contributed by atoms with van der Waals surface area (Å²) in [6.07, 6.45) is 2.47. The van der Waals surface area contributed by atoms with Crippen LogP contribution in [0.25, 0.3) is 0 Å². The van der Waals surface area contributed by atoms with E-state index in [0.29, 0.717) is 29.2 Å². The molecule has 0 spiro atoms. The van der Waals surface area contributed by atoms with Gasteiger partial charge in [0.2, 0.25) is 15.9 Å². The first kappa shape index (κ1) is 22.4. The Morgan fingerprint density at radius 1 is 1.09 bits per heavy atom. The second-order valence-electron chi connectivity index (χ2n) is 7.58. The zero-order chi connectivity index (χ0) is 22.7. The fourth-order valence-corrected chi connectivity index (χ4v) is 5.40. The maximum atomic E-state index is 14.0. The number of hydrogen-bond acceptors (Lipinski definition) is 4. The number of sulfonamides is 1. The number of halogens is 2. The van der Waals surface area contributed by atoms with Gasteiger partial charge in [-0.3, -0.25) is 9.48 Å². The summed E-state index contributed by atoms with van der Waals surface area (Å²) in [5, 5.41) is 7.34. The van der Waals surface area contributed by atoms with Crippen LogP contribution in [-0.2, 0) is 21.4 Å². The third-order valence-corrected chi connectivity index (χ3v) is 7.75. The first-order chi connectivity index (χ1) is 15.3. The summed E-state index contributed by atoms with van der Waals surface area (Å²) in [5.74, 6) is -0.600. The van der Waals surface area contributed by atoms with E-state index in [2.05, 4.69) is 10.4 Å². The summed E-state index contributed by atoms with van der Waals surface area (Å²) < 4.78 is 42.4. The van der Waals surface area contributed by atoms with Gasteiger partial charge >= 0.3 is 0 Å². The van der Waals surface area contributed by atoms with Crippen molar-refractivity contribution in [3.63, 3.8) is 0 Å². The molecule has 3 aromatic rings. The minimum absolute atomic E-state index is 0.136. The average molecular weight is 477 g/mol. The highest BCUT2D eigenvalue weighted by Gasteiger charge is 2.32. The van der Waals surface area contributed by atoms with E-state index in [4.69, 9.17) is 11.6 Å². The van der Waals surface area contributed by atoms with Gasteiger partial charge in [0.05, 0.1) is 11.4 Å². The molecule has 1 N–H and O–H groups in total. The van der Waals surface area contributed by atoms with Gasteiger partial charge in [-0.1, -0.05) is 35.9 Å². The van der Waals surface area contributed by atoms with Crippen LogP contribution >= 0.6 is 11.6 Å². The van der Waals surface area contributed by atoms with Gasteiger partial charge in [0.15, 0.2) is 5.82 Å². The molecule has 0 radical (unpaired) electrons. The van der Waals surface area contributed by atoms with E-state index in [1.807, 2.05) is 0 Å². The number of nitrogens with zero attached hydrogens (tertiary/aromatic N) is 3. The Labute approximate surface area is 190 Å². The van der Waals surface area contributed by atoms with Gasteiger partial charge in [0.25, 0.3) is 0 Å². The van der Waals surface area contributed by atoms with Crippen molar-refractivity contribution in [2.24, 2.45) is 5.92 Å². The highest BCUT2D eigenvalue weighted by molar-refractivity contribution is 7.89. The maximum absolute atomic E-state index is 14.0. The third kappa shape index (κ3) is 4.85. The Balaban J connectivity index is 1.34. The number of nitrogens with one attached hydrogen (secondary N) is 1. The molecule has 7 nitrogen and oxygen atoms in total. The van der Waals surface area contributed by atoms with Crippen LogP contribution < -0.4 is 5.32 Å². The van der Waals surface area contributed by atoms with Crippen molar-refractivity contribution in [1.29, 1.82) is 0 Å². The van der Waals surface area contributed by atoms with Gasteiger partial charge in [-0.25, -0.2) is 12.8 Å². The smallest absolute Gasteiger partial charge is 0.243 e. The Morgan fingerprint density at radius 2 is 1.81 bits per heavy atom. The van der Waals surface area contributed by atoms with Crippen LogP contribution in [0.4, 0.5) is 10.2 Å². The molecule has 4 rings (SSSR count). The predicted molar refractivity (Wildman–Crippen MR) is 119 cm³/mol. The van der Waals surface area contributed by atoms with Gasteiger partial charge in [-0.05, 0) is 37.1 Å². The van der Waals surface area contributed by atoms with Gasteiger partial charge in [-0.2, -0.15) is 9.40 Å². The quantitative estimate of drug-likeness (QED) is 0.587. The zero-order valence-corrected chi connectivity index (χ0v) is 18.7. The lowest BCUT2D eigenvalue weighted by atomic mass is 9.97. The second kappa shape index (κ2) is 9.40. The molecule has 32 heavy (non-hydrogen) atoms. The number of benzene rings is 2. The van der Waals surface area contributed by atoms with Crippen molar-refractivity contribution in [1.82, 2.24) is 14.1 Å². The van der Waals surface area contributed by atoms with Crippen molar-refractivity contribution in [2.45, 2.75) is 24.3 Å². The molecule has 0 bridgehead atoms. The lowest BCUT2D eigenvalue weighted by Crippen LogP contribution is -2.41. The molecule has 168 valence electrons. The fourth-order valence-electron chi connectivity index (χ4n) is 3.69. The number of aromatic nitrogens is 2. The number of amides is 1. The minimum Gasteiger partial charge on any atom is -0.309 e. The van der Waals surface area contributed by atoms with E-state index in [9.17, 15) is 17.6 Å². The molecule has 1 aliphatic heterocycles. The number of carbonyl (C=O) groups excluding carboxylic acids is 1. The molecule has 1 aromatic heterocycles. The van der Waals surface area contributed by atoms with Crippen molar-refractivity contribution in [3.8, 4) is 0 Å². The van der Waals surface area contributed by atoms with Gasteiger partial charge < -0.3 is 5.32 Å². The summed E-state index contributed by atoms with van der Waals surface area (Å²) in [7, 11) is -3.56. The van der Waals surface area contributed by atoms with Crippen LogP contribution in [0.1, 0.15) is 18.4 Å². The number of piperidine rings is 1. The number of anilines is 1. The largest absolute Gasteiger partial charge is 0.309 e. The summed E-state index contributed by atoms with van der Waals surface area (Å²) in [4.78, 5) is 12.9. The Bertz CT molecular complexity index is 1190. The monoisotopic (exact) mass is 476 g/mol. The van der Waals surface area contributed by atoms with E-state index in [1.165, 1.54) is 21.1 Å². The number of carbonyl (C=O) groups is 1. The highest BCUT2D eigenvalue weighted by Crippen LogP contribution is 2.25. The van der Waals surface area contributed by atoms with E-state index in [0.717, 1.165) is 0 Å². The lowest BCUT2D eigenvalue weighted by Gasteiger charge is -2.30. The first-order valence-corrected chi connectivity index (χ1v) is 12.0. The molecule has 0 aliphatic carbocycles. The molecule has 2 heterocycles. The molecule has 1 amide bonds. The van der Waals surface area contributed by atoms with E-state index >= 15 is 0 Å². The van der Waals surface area contributed by atoms with Crippen LogP contribution in [-0.4, -0.2) is 41.5 Å².